The molecule has 6 heteroatoms. The second-order valence-electron chi connectivity index (χ2n) is 3.62. The minimum Gasteiger partial charge on any atom is -0.361 e. The zero-order valence-electron chi connectivity index (χ0n) is 8.57. The maximum atomic E-state index is 11.3. The Morgan fingerprint density at radius 1 is 1.44 bits per heavy atom. The van der Waals surface area contributed by atoms with Gasteiger partial charge in [0.15, 0.2) is 0 Å². The van der Waals surface area contributed by atoms with E-state index in [1.807, 2.05) is 13.0 Å². The number of H-pyrrole nitrogens is 1. The summed E-state index contributed by atoms with van der Waals surface area (Å²) in [6, 6.07) is 4.98. The molecular formula is C10H11BrN2O2S. The van der Waals surface area contributed by atoms with Gasteiger partial charge in [-0.1, -0.05) is 15.9 Å². The van der Waals surface area contributed by atoms with Gasteiger partial charge in [-0.25, -0.2) is 13.6 Å². The quantitative estimate of drug-likeness (QED) is 0.835. The summed E-state index contributed by atoms with van der Waals surface area (Å²) in [6.45, 7) is 1.93. The van der Waals surface area contributed by atoms with Crippen LogP contribution >= 0.6 is 15.9 Å². The van der Waals surface area contributed by atoms with Gasteiger partial charge in [0.1, 0.15) is 0 Å². The zero-order valence-corrected chi connectivity index (χ0v) is 11.0. The summed E-state index contributed by atoms with van der Waals surface area (Å²) in [5.41, 5.74) is 1.81. The molecule has 0 aliphatic rings. The van der Waals surface area contributed by atoms with Crippen molar-refractivity contribution in [3.8, 4) is 0 Å². The molecule has 1 heterocycles. The summed E-state index contributed by atoms with van der Waals surface area (Å²) in [6.07, 6.45) is 1.77. The van der Waals surface area contributed by atoms with Crippen LogP contribution in [0.2, 0.25) is 0 Å². The Bertz CT molecular complexity index is 631. The molecule has 2 rings (SSSR count). The van der Waals surface area contributed by atoms with Crippen molar-refractivity contribution in [3.63, 3.8) is 0 Å². The molecule has 1 aromatic carbocycles. The summed E-state index contributed by atoms with van der Waals surface area (Å²) in [4.78, 5) is 3.27. The number of alkyl halides is 1. The van der Waals surface area contributed by atoms with E-state index >= 15 is 0 Å². The van der Waals surface area contributed by atoms with E-state index < -0.39 is 10.0 Å². The van der Waals surface area contributed by atoms with Crippen molar-refractivity contribution in [2.45, 2.75) is 16.6 Å². The van der Waals surface area contributed by atoms with Crippen molar-refractivity contribution in [1.82, 2.24) is 4.98 Å². The van der Waals surface area contributed by atoms with Crippen LogP contribution in [0.1, 0.15) is 17.3 Å². The number of aromatic nitrogens is 1. The molecule has 1 aromatic heterocycles. The first-order valence-corrected chi connectivity index (χ1v) is 7.13. The number of sulfonamides is 1. The lowest BCUT2D eigenvalue weighted by Gasteiger charge is -2.08. The largest absolute Gasteiger partial charge is 0.361 e. The molecule has 1 atom stereocenters. The number of halogens is 1. The van der Waals surface area contributed by atoms with Gasteiger partial charge in [-0.3, -0.25) is 0 Å². The van der Waals surface area contributed by atoms with Gasteiger partial charge in [-0.2, -0.15) is 0 Å². The van der Waals surface area contributed by atoms with Crippen molar-refractivity contribution in [3.05, 3.63) is 30.0 Å². The molecule has 0 aliphatic carbocycles. The van der Waals surface area contributed by atoms with Crippen molar-refractivity contribution in [1.29, 1.82) is 0 Å². The average molecular weight is 303 g/mol. The van der Waals surface area contributed by atoms with Gasteiger partial charge in [0.05, 0.1) is 4.90 Å². The fraction of sp³-hybridized carbons (Fsp3) is 0.200. The molecule has 0 fully saturated rings. The van der Waals surface area contributed by atoms with Crippen LogP contribution in [0.15, 0.2) is 29.3 Å². The monoisotopic (exact) mass is 302 g/mol. The van der Waals surface area contributed by atoms with Crippen molar-refractivity contribution < 1.29 is 8.42 Å². The molecule has 2 aromatic rings. The van der Waals surface area contributed by atoms with E-state index in [0.717, 1.165) is 16.5 Å². The van der Waals surface area contributed by atoms with E-state index in [4.69, 9.17) is 5.14 Å². The molecule has 0 saturated heterocycles. The van der Waals surface area contributed by atoms with Crippen LogP contribution in [0.4, 0.5) is 0 Å². The number of nitrogens with one attached hydrogen (secondary N) is 1. The molecule has 0 saturated carbocycles. The normalized spacial score (nSPS) is 14.2. The van der Waals surface area contributed by atoms with E-state index in [9.17, 15) is 8.42 Å². The molecule has 0 radical (unpaired) electrons. The predicted octanol–water partition coefficient (Wildman–Crippen LogP) is 2.27. The Balaban J connectivity index is 2.82. The van der Waals surface area contributed by atoms with Gasteiger partial charge in [0.2, 0.25) is 10.0 Å². The van der Waals surface area contributed by atoms with Crippen LogP contribution in [-0.4, -0.2) is 13.4 Å². The van der Waals surface area contributed by atoms with E-state index in [0.29, 0.717) is 0 Å². The highest BCUT2D eigenvalue weighted by Crippen LogP contribution is 2.30. The van der Waals surface area contributed by atoms with Crippen LogP contribution < -0.4 is 5.14 Å². The Kier molecular flexibility index (Phi) is 2.81. The third kappa shape index (κ3) is 2.00. The van der Waals surface area contributed by atoms with Gasteiger partial charge < -0.3 is 4.98 Å². The maximum absolute atomic E-state index is 11.3. The number of nitrogens with two attached hydrogens (primary N) is 1. The van der Waals surface area contributed by atoms with Crippen LogP contribution in [0.5, 0.6) is 0 Å². The number of hydrogen-bond donors (Lipinski definition) is 2. The lowest BCUT2D eigenvalue weighted by molar-refractivity contribution is 0.598. The predicted molar refractivity (Wildman–Crippen MR) is 67.0 cm³/mol. The second-order valence-corrected chi connectivity index (χ2v) is 6.55. The Hall–Kier alpha value is -0.850. The number of fused-ring (bicyclic) bond motifs is 1. The summed E-state index contributed by atoms with van der Waals surface area (Å²) in [5.74, 6) is 0. The first-order chi connectivity index (χ1) is 7.39. The summed E-state index contributed by atoms with van der Waals surface area (Å²) in [7, 11) is -3.66. The first-order valence-electron chi connectivity index (χ1n) is 4.67. The molecule has 1 unspecified atom stereocenters. The van der Waals surface area contributed by atoms with E-state index in [2.05, 4.69) is 20.9 Å². The van der Waals surface area contributed by atoms with Crippen LogP contribution in [0, 0.1) is 0 Å². The molecule has 3 N–H and O–H groups in total. The molecule has 4 nitrogen and oxygen atoms in total. The Morgan fingerprint density at radius 3 is 2.69 bits per heavy atom. The highest BCUT2D eigenvalue weighted by Gasteiger charge is 2.15. The van der Waals surface area contributed by atoms with Gasteiger partial charge in [-0.05, 0) is 30.7 Å². The van der Waals surface area contributed by atoms with Gasteiger partial charge in [0, 0.05) is 21.9 Å². The van der Waals surface area contributed by atoms with E-state index in [-0.39, 0.29) is 9.72 Å². The second kappa shape index (κ2) is 3.87. The summed E-state index contributed by atoms with van der Waals surface area (Å²) >= 11 is 3.43. The lowest BCUT2D eigenvalue weighted by atomic mass is 10.1. The fourth-order valence-corrected chi connectivity index (χ4v) is 2.59. The zero-order chi connectivity index (χ0) is 11.9. The molecule has 0 spiro atoms. The van der Waals surface area contributed by atoms with E-state index in [1.54, 1.807) is 18.3 Å². The van der Waals surface area contributed by atoms with Crippen molar-refractivity contribution in [2.24, 2.45) is 5.14 Å². The minimum absolute atomic E-state index is 0.0513. The van der Waals surface area contributed by atoms with Crippen molar-refractivity contribution in [2.75, 3.05) is 0 Å². The molecular weight excluding hydrogens is 292 g/mol. The summed E-state index contributed by atoms with van der Waals surface area (Å²) < 4.78 is 22.7. The standard InChI is InChI=1S/C10H11BrN2O2S/c1-6(11)9-5-8(16(12,14)15)4-7-2-3-13-10(7)9/h2-6,13H,1H3,(H2,12,14,15). The number of aromatic amines is 1. The first kappa shape index (κ1) is 11.6. The number of benzene rings is 1. The van der Waals surface area contributed by atoms with Crippen molar-refractivity contribution >= 4 is 36.9 Å². The maximum Gasteiger partial charge on any atom is 0.238 e. The highest BCUT2D eigenvalue weighted by atomic mass is 79.9. The highest BCUT2D eigenvalue weighted by molar-refractivity contribution is 9.09. The van der Waals surface area contributed by atoms with Crippen LogP contribution in [0.3, 0.4) is 0 Å². The van der Waals surface area contributed by atoms with Gasteiger partial charge in [-0.15, -0.1) is 0 Å². The summed E-state index contributed by atoms with van der Waals surface area (Å²) in [5, 5.41) is 5.97. The van der Waals surface area contributed by atoms with Gasteiger partial charge >= 0.3 is 0 Å². The van der Waals surface area contributed by atoms with Crippen LogP contribution in [-0.2, 0) is 10.0 Å². The molecule has 0 aliphatic heterocycles. The number of primary sulfonamides is 1. The third-order valence-electron chi connectivity index (χ3n) is 2.42. The number of rotatable bonds is 2. The molecule has 86 valence electrons. The third-order valence-corrected chi connectivity index (χ3v) is 3.81. The van der Waals surface area contributed by atoms with Gasteiger partial charge in [0.25, 0.3) is 0 Å². The number of hydrogen-bond acceptors (Lipinski definition) is 2. The molecule has 0 bridgehead atoms. The minimum atomic E-state index is -3.66. The molecule has 16 heavy (non-hydrogen) atoms. The fourth-order valence-electron chi connectivity index (χ4n) is 1.65. The van der Waals surface area contributed by atoms with Crippen LogP contribution in [0.25, 0.3) is 10.9 Å². The Morgan fingerprint density at radius 2 is 2.12 bits per heavy atom. The smallest absolute Gasteiger partial charge is 0.238 e. The lowest BCUT2D eigenvalue weighted by Crippen LogP contribution is -2.12. The Labute approximate surface area is 102 Å². The van der Waals surface area contributed by atoms with E-state index in [1.165, 1.54) is 0 Å². The SMILES string of the molecule is CC(Br)c1cc(S(N)(=O)=O)cc2cc[nH]c12. The molecule has 0 amide bonds. The average Bonchev–Trinajstić information content (AvgIpc) is 2.61. The topological polar surface area (TPSA) is 76.0 Å².